The van der Waals surface area contributed by atoms with E-state index in [0.717, 1.165) is 5.69 Å². The molecule has 25 heavy (non-hydrogen) atoms. The summed E-state index contributed by atoms with van der Waals surface area (Å²) in [7, 11) is 0. The van der Waals surface area contributed by atoms with E-state index in [-0.39, 0.29) is 11.5 Å². The Labute approximate surface area is 152 Å². The monoisotopic (exact) mass is 372 g/mol. The van der Waals surface area contributed by atoms with Gasteiger partial charge in [-0.2, -0.15) is 0 Å². The largest absolute Gasteiger partial charge is 0.302 e. The number of anilines is 1. The normalized spacial score (nSPS) is 10.8. The Morgan fingerprint density at radius 3 is 2.96 bits per heavy atom. The van der Waals surface area contributed by atoms with Gasteiger partial charge < -0.3 is 5.32 Å². The lowest BCUT2D eigenvalue weighted by Gasteiger charge is -2.10. The average molecular weight is 372 g/mol. The number of amides is 1. The van der Waals surface area contributed by atoms with Crippen molar-refractivity contribution in [1.29, 1.82) is 0 Å². The Morgan fingerprint density at radius 2 is 2.20 bits per heavy atom. The fraction of sp³-hybridized carbons (Fsp3) is 0.176. The number of para-hydroxylation sites is 1. The summed E-state index contributed by atoms with van der Waals surface area (Å²) in [4.78, 5) is 32.7. The Bertz CT molecular complexity index is 994. The summed E-state index contributed by atoms with van der Waals surface area (Å²) in [6.45, 7) is 5.56. The van der Waals surface area contributed by atoms with Gasteiger partial charge in [-0.3, -0.25) is 14.2 Å². The minimum atomic E-state index is -0.149. The molecule has 0 saturated carbocycles. The molecule has 3 rings (SSSR count). The van der Waals surface area contributed by atoms with Crippen LogP contribution in [0.1, 0.15) is 12.6 Å². The average Bonchev–Trinajstić information content (AvgIpc) is 3.02. The highest BCUT2D eigenvalue weighted by molar-refractivity contribution is 7.98. The van der Waals surface area contributed by atoms with E-state index < -0.39 is 0 Å². The zero-order valence-corrected chi connectivity index (χ0v) is 15.2. The van der Waals surface area contributed by atoms with Crippen LogP contribution < -0.4 is 10.9 Å². The summed E-state index contributed by atoms with van der Waals surface area (Å²) in [5.41, 5.74) is 1.42. The van der Waals surface area contributed by atoms with E-state index in [1.165, 1.54) is 30.0 Å². The minimum Gasteiger partial charge on any atom is -0.302 e. The molecule has 0 aliphatic heterocycles. The van der Waals surface area contributed by atoms with Crippen LogP contribution in [-0.4, -0.2) is 20.4 Å². The van der Waals surface area contributed by atoms with Gasteiger partial charge in [0, 0.05) is 24.6 Å². The van der Waals surface area contributed by atoms with Crippen molar-refractivity contribution in [3.63, 3.8) is 0 Å². The second-order valence-electron chi connectivity index (χ2n) is 5.23. The van der Waals surface area contributed by atoms with E-state index in [0.29, 0.717) is 33.5 Å². The lowest BCUT2D eigenvalue weighted by molar-refractivity contribution is -0.114. The molecule has 6 nitrogen and oxygen atoms in total. The van der Waals surface area contributed by atoms with Crippen LogP contribution in [0.3, 0.4) is 0 Å². The molecular formula is C17H16N4O2S2. The number of nitrogens with one attached hydrogen (secondary N) is 1. The van der Waals surface area contributed by atoms with E-state index >= 15 is 0 Å². The second kappa shape index (κ2) is 7.62. The number of thiazole rings is 1. The first-order valence-electron chi connectivity index (χ1n) is 7.53. The molecule has 1 amide bonds. The maximum Gasteiger partial charge on any atom is 0.262 e. The number of hydrogen-bond donors (Lipinski definition) is 1. The van der Waals surface area contributed by atoms with Crippen molar-refractivity contribution in [3.8, 4) is 0 Å². The van der Waals surface area contributed by atoms with Crippen LogP contribution >= 0.6 is 23.1 Å². The van der Waals surface area contributed by atoms with Crippen LogP contribution in [0, 0.1) is 0 Å². The van der Waals surface area contributed by atoms with Gasteiger partial charge in [-0.25, -0.2) is 9.97 Å². The predicted octanol–water partition coefficient (Wildman–Crippen LogP) is 3.29. The van der Waals surface area contributed by atoms with Crippen molar-refractivity contribution in [2.75, 3.05) is 5.32 Å². The Hall–Kier alpha value is -2.45. The number of rotatable bonds is 6. The SMILES string of the molecule is C=CCn1c(SCc2csc(NC(C)=O)n2)nc2ccccc2c1=O. The highest BCUT2D eigenvalue weighted by Crippen LogP contribution is 2.24. The van der Waals surface area contributed by atoms with Gasteiger partial charge in [0.25, 0.3) is 5.56 Å². The molecule has 2 aromatic heterocycles. The standard InChI is InChI=1S/C17H16N4O2S2/c1-3-8-21-15(23)13-6-4-5-7-14(13)20-17(21)25-10-12-9-24-16(19-12)18-11(2)22/h3-7,9H,1,8,10H2,2H3,(H,18,19,22). The number of carbonyl (C=O) groups excluding carboxylic acids is 1. The minimum absolute atomic E-state index is 0.0785. The third-order valence-electron chi connectivity index (χ3n) is 3.32. The highest BCUT2D eigenvalue weighted by atomic mass is 32.2. The molecule has 0 atom stereocenters. The number of carbonyl (C=O) groups is 1. The molecule has 0 radical (unpaired) electrons. The Balaban J connectivity index is 1.88. The first-order valence-corrected chi connectivity index (χ1v) is 9.40. The molecule has 0 saturated heterocycles. The lowest BCUT2D eigenvalue weighted by Crippen LogP contribution is -2.22. The number of aromatic nitrogens is 3. The molecular weight excluding hydrogens is 356 g/mol. The fourth-order valence-corrected chi connectivity index (χ4v) is 4.03. The summed E-state index contributed by atoms with van der Waals surface area (Å²) in [5, 5.41) is 6.33. The molecule has 0 aliphatic rings. The third kappa shape index (κ3) is 3.97. The van der Waals surface area contributed by atoms with Gasteiger partial charge in [0.15, 0.2) is 10.3 Å². The van der Waals surface area contributed by atoms with Gasteiger partial charge >= 0.3 is 0 Å². The first kappa shape index (κ1) is 17.4. The van der Waals surface area contributed by atoms with Crippen LogP contribution in [-0.2, 0) is 17.1 Å². The molecule has 0 fully saturated rings. The van der Waals surface area contributed by atoms with Gasteiger partial charge in [-0.15, -0.1) is 17.9 Å². The maximum atomic E-state index is 12.7. The molecule has 128 valence electrons. The zero-order valence-electron chi connectivity index (χ0n) is 13.6. The van der Waals surface area contributed by atoms with E-state index in [9.17, 15) is 9.59 Å². The molecule has 0 aliphatic carbocycles. The van der Waals surface area contributed by atoms with Crippen LogP contribution in [0.25, 0.3) is 10.9 Å². The number of fused-ring (bicyclic) bond motifs is 1. The van der Waals surface area contributed by atoms with Gasteiger partial charge in [0.2, 0.25) is 5.91 Å². The molecule has 3 aromatic rings. The molecule has 2 heterocycles. The van der Waals surface area contributed by atoms with Gasteiger partial charge in [0.05, 0.1) is 16.6 Å². The molecule has 1 N–H and O–H groups in total. The number of hydrogen-bond acceptors (Lipinski definition) is 6. The van der Waals surface area contributed by atoms with E-state index in [4.69, 9.17) is 0 Å². The van der Waals surface area contributed by atoms with Gasteiger partial charge in [-0.1, -0.05) is 30.0 Å². The molecule has 1 aromatic carbocycles. The molecule has 8 heteroatoms. The fourth-order valence-electron chi connectivity index (χ4n) is 2.27. The third-order valence-corrected chi connectivity index (χ3v) is 5.14. The summed E-state index contributed by atoms with van der Waals surface area (Å²) >= 11 is 2.81. The van der Waals surface area contributed by atoms with Gasteiger partial charge in [0.1, 0.15) is 0 Å². The lowest BCUT2D eigenvalue weighted by atomic mass is 10.2. The quantitative estimate of drug-likeness (QED) is 0.408. The van der Waals surface area contributed by atoms with Gasteiger partial charge in [-0.05, 0) is 12.1 Å². The van der Waals surface area contributed by atoms with Crippen molar-refractivity contribution in [2.45, 2.75) is 24.4 Å². The molecule has 0 bridgehead atoms. The second-order valence-corrected chi connectivity index (χ2v) is 7.03. The number of benzene rings is 1. The van der Waals surface area contributed by atoms with Crippen LogP contribution in [0.4, 0.5) is 5.13 Å². The number of thioether (sulfide) groups is 1. The molecule has 0 unspecified atom stereocenters. The number of allylic oxidation sites excluding steroid dienone is 1. The van der Waals surface area contributed by atoms with E-state index in [1.54, 1.807) is 16.7 Å². The smallest absolute Gasteiger partial charge is 0.262 e. The molecule has 0 spiro atoms. The Morgan fingerprint density at radius 1 is 1.40 bits per heavy atom. The first-order chi connectivity index (χ1) is 12.1. The number of nitrogens with zero attached hydrogens (tertiary/aromatic N) is 3. The van der Waals surface area contributed by atoms with Crippen molar-refractivity contribution >= 4 is 45.0 Å². The zero-order chi connectivity index (χ0) is 17.8. The van der Waals surface area contributed by atoms with Crippen molar-refractivity contribution in [1.82, 2.24) is 14.5 Å². The van der Waals surface area contributed by atoms with Crippen molar-refractivity contribution in [3.05, 3.63) is 58.3 Å². The Kier molecular flexibility index (Phi) is 5.30. The van der Waals surface area contributed by atoms with Crippen molar-refractivity contribution < 1.29 is 4.79 Å². The topological polar surface area (TPSA) is 76.9 Å². The van der Waals surface area contributed by atoms with Crippen LogP contribution in [0.15, 0.2) is 52.3 Å². The van der Waals surface area contributed by atoms with E-state index in [1.807, 2.05) is 23.6 Å². The van der Waals surface area contributed by atoms with Crippen LogP contribution in [0.5, 0.6) is 0 Å². The highest BCUT2D eigenvalue weighted by Gasteiger charge is 2.12. The summed E-state index contributed by atoms with van der Waals surface area (Å²) in [5.74, 6) is 0.405. The van der Waals surface area contributed by atoms with E-state index in [2.05, 4.69) is 21.9 Å². The van der Waals surface area contributed by atoms with Crippen LogP contribution in [0.2, 0.25) is 0 Å². The predicted molar refractivity (Wildman–Crippen MR) is 102 cm³/mol. The van der Waals surface area contributed by atoms with Crippen molar-refractivity contribution in [2.24, 2.45) is 0 Å². The maximum absolute atomic E-state index is 12.7. The summed E-state index contributed by atoms with van der Waals surface area (Å²) in [6, 6.07) is 7.30. The summed E-state index contributed by atoms with van der Waals surface area (Å²) in [6.07, 6.45) is 1.68. The summed E-state index contributed by atoms with van der Waals surface area (Å²) < 4.78 is 1.61.